The summed E-state index contributed by atoms with van der Waals surface area (Å²) in [5, 5.41) is 17.3. The number of epoxide rings is 1. The van der Waals surface area contributed by atoms with Crippen LogP contribution in [0.2, 0.25) is 0 Å². The van der Waals surface area contributed by atoms with E-state index >= 15 is 0 Å². The number of hydrogen-bond acceptors (Lipinski definition) is 5. The van der Waals surface area contributed by atoms with Gasteiger partial charge in [-0.3, -0.25) is 0 Å². The van der Waals surface area contributed by atoms with Crippen LogP contribution in [0.4, 0.5) is 0 Å². The fraction of sp³-hybridized carbons (Fsp3) is 0.619. The maximum Gasteiger partial charge on any atom is 0.355 e. The molecule has 4 unspecified atom stereocenters. The molecule has 1 saturated heterocycles. The Bertz CT molecular complexity index is 818. The van der Waals surface area contributed by atoms with E-state index in [9.17, 15) is 15.2 Å². The minimum atomic E-state index is -1.73. The standard InChI is InChI=1S/C21H24ClNO5/c1-26-17-7-6-14(11-18(17)27-15-4-2-3-5-15)16-10-13(12-23)8-9-20(16)21(22,28-20)19(24)25/h6-7,11,13,15-16H,2-5,8-10H2,1H3,(H,24,25). The largest absolute Gasteiger partial charge is 0.493 e. The van der Waals surface area contributed by atoms with Crippen molar-refractivity contribution in [1.29, 1.82) is 5.26 Å². The zero-order valence-corrected chi connectivity index (χ0v) is 16.6. The molecule has 28 heavy (non-hydrogen) atoms. The molecule has 3 aliphatic rings. The number of ether oxygens (including phenoxy) is 3. The predicted molar refractivity (Wildman–Crippen MR) is 102 cm³/mol. The van der Waals surface area contributed by atoms with E-state index in [1.165, 1.54) is 0 Å². The summed E-state index contributed by atoms with van der Waals surface area (Å²) >= 11 is 6.33. The van der Waals surface area contributed by atoms with Crippen LogP contribution in [0.25, 0.3) is 0 Å². The van der Waals surface area contributed by atoms with Gasteiger partial charge in [-0.25, -0.2) is 4.79 Å². The topological polar surface area (TPSA) is 92.1 Å². The van der Waals surface area contributed by atoms with Gasteiger partial charge in [0.15, 0.2) is 11.5 Å². The Balaban J connectivity index is 1.68. The van der Waals surface area contributed by atoms with Crippen molar-refractivity contribution in [3.05, 3.63) is 23.8 Å². The Morgan fingerprint density at radius 2 is 2.07 bits per heavy atom. The van der Waals surface area contributed by atoms with Crippen LogP contribution in [0.15, 0.2) is 18.2 Å². The summed E-state index contributed by atoms with van der Waals surface area (Å²) in [5.74, 6) is -0.334. The summed E-state index contributed by atoms with van der Waals surface area (Å²) in [6.45, 7) is 0. The zero-order chi connectivity index (χ0) is 19.9. The molecule has 7 heteroatoms. The molecule has 1 aromatic rings. The van der Waals surface area contributed by atoms with Gasteiger partial charge in [-0.15, -0.1) is 0 Å². The summed E-state index contributed by atoms with van der Waals surface area (Å²) in [6.07, 6.45) is 6.04. The quantitative estimate of drug-likeness (QED) is 0.582. The van der Waals surface area contributed by atoms with Gasteiger partial charge in [-0.1, -0.05) is 17.7 Å². The Kier molecular flexibility index (Phi) is 4.93. The van der Waals surface area contributed by atoms with Gasteiger partial charge in [0.25, 0.3) is 5.06 Å². The second kappa shape index (κ2) is 7.13. The molecule has 3 fully saturated rings. The van der Waals surface area contributed by atoms with Crippen molar-refractivity contribution in [3.63, 3.8) is 0 Å². The number of nitriles is 1. The molecule has 4 rings (SSSR count). The van der Waals surface area contributed by atoms with Gasteiger partial charge < -0.3 is 19.3 Å². The number of nitrogens with zero attached hydrogens (tertiary/aromatic N) is 1. The third-order valence-electron chi connectivity index (χ3n) is 6.42. The number of carboxylic acids is 1. The lowest BCUT2D eigenvalue weighted by Crippen LogP contribution is -2.38. The smallest absolute Gasteiger partial charge is 0.355 e. The van der Waals surface area contributed by atoms with E-state index < -0.39 is 16.6 Å². The normalized spacial score (nSPS) is 34.8. The number of carbonyl (C=O) groups is 1. The van der Waals surface area contributed by atoms with E-state index in [4.69, 9.17) is 25.8 Å². The molecule has 1 heterocycles. The molecule has 1 aliphatic heterocycles. The molecule has 1 N–H and O–H groups in total. The molecule has 0 amide bonds. The van der Waals surface area contributed by atoms with Crippen LogP contribution in [0.5, 0.6) is 11.5 Å². The minimum Gasteiger partial charge on any atom is -0.493 e. The first kappa shape index (κ1) is 19.4. The summed E-state index contributed by atoms with van der Waals surface area (Å²) < 4.78 is 17.3. The van der Waals surface area contributed by atoms with Crippen molar-refractivity contribution in [2.24, 2.45) is 5.92 Å². The first-order valence-electron chi connectivity index (χ1n) is 9.80. The van der Waals surface area contributed by atoms with E-state index in [-0.39, 0.29) is 17.9 Å². The molecular weight excluding hydrogens is 382 g/mol. The van der Waals surface area contributed by atoms with E-state index in [1.807, 2.05) is 18.2 Å². The second-order valence-electron chi connectivity index (χ2n) is 7.98. The Morgan fingerprint density at radius 1 is 1.32 bits per heavy atom. The van der Waals surface area contributed by atoms with Crippen LogP contribution < -0.4 is 9.47 Å². The van der Waals surface area contributed by atoms with Crippen molar-refractivity contribution < 1.29 is 24.1 Å². The molecule has 4 atom stereocenters. The molecule has 2 saturated carbocycles. The number of carboxylic acid groups (broad SMARTS) is 1. The van der Waals surface area contributed by atoms with Crippen molar-refractivity contribution in [2.75, 3.05) is 7.11 Å². The van der Waals surface area contributed by atoms with Gasteiger partial charge in [0, 0.05) is 11.8 Å². The lowest BCUT2D eigenvalue weighted by Gasteiger charge is -2.33. The van der Waals surface area contributed by atoms with Gasteiger partial charge in [-0.05, 0) is 62.6 Å². The highest BCUT2D eigenvalue weighted by atomic mass is 35.5. The molecule has 0 radical (unpaired) electrons. The number of halogens is 1. The molecule has 0 aromatic heterocycles. The molecule has 0 bridgehead atoms. The third kappa shape index (κ3) is 3.01. The average molecular weight is 406 g/mol. The maximum atomic E-state index is 11.7. The Labute approximate surface area is 169 Å². The van der Waals surface area contributed by atoms with Gasteiger partial charge in [0.1, 0.15) is 5.60 Å². The number of aliphatic carboxylic acids is 1. The highest BCUT2D eigenvalue weighted by Gasteiger charge is 2.78. The fourth-order valence-corrected chi connectivity index (χ4v) is 5.19. The lowest BCUT2D eigenvalue weighted by molar-refractivity contribution is -0.140. The average Bonchev–Trinajstić information content (AvgIpc) is 3.04. The fourth-order valence-electron chi connectivity index (χ4n) is 4.82. The van der Waals surface area contributed by atoms with Crippen LogP contribution in [-0.2, 0) is 9.53 Å². The van der Waals surface area contributed by atoms with Gasteiger partial charge >= 0.3 is 5.97 Å². The first-order chi connectivity index (χ1) is 13.4. The number of hydrogen-bond donors (Lipinski definition) is 1. The van der Waals surface area contributed by atoms with Crippen LogP contribution in [-0.4, -0.2) is 35.0 Å². The number of benzene rings is 1. The van der Waals surface area contributed by atoms with Crippen LogP contribution in [0.1, 0.15) is 56.4 Å². The molecule has 150 valence electrons. The minimum absolute atomic E-state index is 0.157. The summed E-state index contributed by atoms with van der Waals surface area (Å²) in [5.41, 5.74) is -0.120. The first-order valence-corrected chi connectivity index (χ1v) is 10.2. The van der Waals surface area contributed by atoms with Crippen LogP contribution >= 0.6 is 11.6 Å². The maximum absolute atomic E-state index is 11.7. The SMILES string of the molecule is COc1ccc(C2CC(C#N)CCC23OC3(Cl)C(=O)O)cc1OC1CCCC1. The van der Waals surface area contributed by atoms with E-state index in [0.29, 0.717) is 30.8 Å². The summed E-state index contributed by atoms with van der Waals surface area (Å²) in [7, 11) is 1.60. The van der Waals surface area contributed by atoms with Gasteiger partial charge in [0.2, 0.25) is 0 Å². The van der Waals surface area contributed by atoms with Crippen molar-refractivity contribution in [3.8, 4) is 17.6 Å². The van der Waals surface area contributed by atoms with Crippen molar-refractivity contribution in [1.82, 2.24) is 0 Å². The van der Waals surface area contributed by atoms with E-state index in [0.717, 1.165) is 31.2 Å². The van der Waals surface area contributed by atoms with Crippen LogP contribution in [0.3, 0.4) is 0 Å². The number of rotatable bonds is 5. The Hall–Kier alpha value is -1.97. The third-order valence-corrected chi connectivity index (χ3v) is 6.97. The number of alkyl halides is 1. The van der Waals surface area contributed by atoms with Gasteiger partial charge in [0.05, 0.1) is 19.3 Å². The summed E-state index contributed by atoms with van der Waals surface area (Å²) in [6, 6.07) is 7.96. The molecule has 1 aromatic carbocycles. The van der Waals surface area contributed by atoms with Crippen LogP contribution in [0, 0.1) is 17.2 Å². The lowest BCUT2D eigenvalue weighted by atomic mass is 9.69. The molecule has 2 aliphatic carbocycles. The molecule has 6 nitrogen and oxygen atoms in total. The van der Waals surface area contributed by atoms with Gasteiger partial charge in [-0.2, -0.15) is 5.26 Å². The molecule has 1 spiro atoms. The predicted octanol–water partition coefficient (Wildman–Crippen LogP) is 4.21. The van der Waals surface area contributed by atoms with E-state index in [1.54, 1.807) is 7.11 Å². The molecular formula is C21H24ClNO5. The van der Waals surface area contributed by atoms with Crippen molar-refractivity contribution >= 4 is 17.6 Å². The van der Waals surface area contributed by atoms with E-state index in [2.05, 4.69) is 6.07 Å². The monoisotopic (exact) mass is 405 g/mol. The number of methoxy groups -OCH3 is 1. The Morgan fingerprint density at radius 3 is 2.68 bits per heavy atom. The second-order valence-corrected chi connectivity index (χ2v) is 8.51. The highest BCUT2D eigenvalue weighted by Crippen LogP contribution is 2.65. The van der Waals surface area contributed by atoms with Crippen molar-refractivity contribution in [2.45, 2.75) is 67.6 Å². The zero-order valence-electron chi connectivity index (χ0n) is 15.8. The summed E-state index contributed by atoms with van der Waals surface area (Å²) in [4.78, 5) is 11.7. The highest BCUT2D eigenvalue weighted by molar-refractivity contribution is 6.35.